The first kappa shape index (κ1) is 57.2. The van der Waals surface area contributed by atoms with E-state index in [0.717, 1.165) is 95.8 Å². The fourth-order valence-corrected chi connectivity index (χ4v) is 16.7. The number of rotatable bonds is 11. The Bertz CT molecular complexity index is 5880. The number of hydrogen-bond acceptors (Lipinski definition) is 6. The van der Waals surface area contributed by atoms with Crippen LogP contribution >= 0.6 is 0 Å². The third-order valence-corrected chi connectivity index (χ3v) is 20.9. The lowest BCUT2D eigenvalue weighted by Crippen LogP contribution is -2.61. The van der Waals surface area contributed by atoms with Crippen molar-refractivity contribution in [2.75, 3.05) is 29.4 Å². The minimum Gasteiger partial charge on any atom is -0.311 e. The average molecular weight is 1270 g/mol. The fraction of sp³-hybridized carbons (Fsp3) is 0. The number of fused-ring (bicyclic) bond motifs is 10. The van der Waals surface area contributed by atoms with E-state index in [-0.39, 0.29) is 13.4 Å². The minimum absolute atomic E-state index is 0.0123. The molecule has 0 radical (unpaired) electrons. The molecule has 0 aromatic heterocycles. The van der Waals surface area contributed by atoms with Gasteiger partial charge in [0.25, 0.3) is 13.4 Å². The predicted molar refractivity (Wildman–Crippen MR) is 424 cm³/mol. The zero-order chi connectivity index (χ0) is 65.8. The lowest BCUT2D eigenvalue weighted by molar-refractivity contribution is 1.24. The highest BCUT2D eigenvalue weighted by Gasteiger charge is 2.45. The van der Waals surface area contributed by atoms with Crippen LogP contribution in [0.1, 0.15) is 0 Å². The van der Waals surface area contributed by atoms with Gasteiger partial charge in [0, 0.05) is 102 Å². The largest absolute Gasteiger partial charge is 0.311 e. The quantitative estimate of drug-likeness (QED) is 0.119. The van der Waals surface area contributed by atoms with E-state index in [0.29, 0.717) is 0 Å². The van der Waals surface area contributed by atoms with Gasteiger partial charge in [-0.3, -0.25) is 0 Å². The van der Waals surface area contributed by atoms with Crippen LogP contribution in [0, 0.1) is 0 Å². The Morgan fingerprint density at radius 1 is 0.210 bits per heavy atom. The highest BCUT2D eigenvalue weighted by Crippen LogP contribution is 2.51. The molecule has 100 heavy (non-hydrogen) atoms. The van der Waals surface area contributed by atoms with E-state index in [4.69, 9.17) is 0 Å². The van der Waals surface area contributed by atoms with Gasteiger partial charge in [-0.05, 0) is 212 Å². The second kappa shape index (κ2) is 23.4. The van der Waals surface area contributed by atoms with Crippen molar-refractivity contribution in [2.45, 2.75) is 0 Å². The average Bonchev–Trinajstić information content (AvgIpc) is 0.706. The van der Waals surface area contributed by atoms with Crippen molar-refractivity contribution in [3.8, 4) is 11.1 Å². The normalized spacial score (nSPS) is 12.9. The molecule has 0 spiro atoms. The molecule has 0 atom stereocenters. The monoisotopic (exact) mass is 1270 g/mol. The molecule has 0 saturated heterocycles. The summed E-state index contributed by atoms with van der Waals surface area (Å²) in [6.07, 6.45) is 0. The molecule has 4 aliphatic rings. The minimum atomic E-state index is -0.0456. The van der Waals surface area contributed by atoms with Crippen LogP contribution in [0.4, 0.5) is 102 Å². The molecule has 0 unspecified atom stereocenters. The lowest BCUT2D eigenvalue weighted by atomic mass is 9.33. The maximum absolute atomic E-state index is 2.55. The zero-order valence-corrected chi connectivity index (χ0v) is 54.6. The van der Waals surface area contributed by atoms with Crippen LogP contribution in [0.15, 0.2) is 376 Å². The Morgan fingerprint density at radius 3 is 1.14 bits per heavy atom. The highest BCUT2D eigenvalue weighted by molar-refractivity contribution is 7.01. The third-order valence-electron chi connectivity index (χ3n) is 20.9. The van der Waals surface area contributed by atoms with Crippen molar-refractivity contribution in [1.82, 2.24) is 0 Å². The van der Waals surface area contributed by atoms with Gasteiger partial charge in [0.1, 0.15) is 0 Å². The van der Waals surface area contributed by atoms with E-state index in [2.05, 4.69) is 406 Å². The van der Waals surface area contributed by atoms with E-state index < -0.39 is 0 Å². The molecule has 6 nitrogen and oxygen atoms in total. The van der Waals surface area contributed by atoms with Crippen molar-refractivity contribution in [3.63, 3.8) is 0 Å². The van der Waals surface area contributed by atoms with Gasteiger partial charge < -0.3 is 29.4 Å². The second-order valence-electron chi connectivity index (χ2n) is 26.3. The standard InChI is InChI=1S/C92H62B2N6/c1-6-30-66(31-7-1)95(72-52-51-63-27-16-17-28-64(63)59-72)73-53-56-81-90(61-73)100(88-50-26-48-86-92(88)94(81)79-44-21-23-46-84(79)98(86)69-36-12-4-13-37-69)71-40-24-29-65(60-71)75-55-58-82(77-42-19-18-41-76(75)77)96(67-32-8-2-9-33-67)74-54-57-80-89(62-74)99(70-38-14-5-15-39-70)87-49-25-47-85-91(87)93(80)78-43-20-22-45-83(78)97(85)68-34-10-3-11-35-68/h1-62H. The summed E-state index contributed by atoms with van der Waals surface area (Å²) in [5, 5.41) is 4.71. The Labute approximate surface area is 583 Å². The van der Waals surface area contributed by atoms with Crippen molar-refractivity contribution in [1.29, 1.82) is 0 Å². The van der Waals surface area contributed by atoms with Crippen LogP contribution in [0.3, 0.4) is 0 Å². The third kappa shape index (κ3) is 9.07. The molecule has 0 amide bonds. The van der Waals surface area contributed by atoms with Crippen LogP contribution in [-0.2, 0) is 0 Å². The van der Waals surface area contributed by atoms with Gasteiger partial charge in [-0.25, -0.2) is 0 Å². The van der Waals surface area contributed by atoms with Gasteiger partial charge >= 0.3 is 0 Å². The number of nitrogens with zero attached hydrogens (tertiary/aromatic N) is 6. The van der Waals surface area contributed by atoms with Gasteiger partial charge in [-0.15, -0.1) is 0 Å². The summed E-state index contributed by atoms with van der Waals surface area (Å²) in [7, 11) is 0. The molecule has 4 aliphatic heterocycles. The van der Waals surface area contributed by atoms with Crippen LogP contribution < -0.4 is 62.2 Å². The first-order valence-electron chi connectivity index (χ1n) is 34.6. The summed E-state index contributed by atoms with van der Waals surface area (Å²) >= 11 is 0. The van der Waals surface area contributed by atoms with Gasteiger partial charge in [-0.1, -0.05) is 224 Å². The van der Waals surface area contributed by atoms with Gasteiger partial charge in [-0.2, -0.15) is 0 Å². The van der Waals surface area contributed by atoms with E-state index in [1.165, 1.54) is 72.0 Å². The van der Waals surface area contributed by atoms with Gasteiger partial charge in [0.05, 0.1) is 5.69 Å². The first-order chi connectivity index (χ1) is 49.7. The summed E-state index contributed by atoms with van der Waals surface area (Å²) in [4.78, 5) is 14.8. The number of anilines is 18. The molecule has 0 fully saturated rings. The number of benzene rings is 16. The summed E-state index contributed by atoms with van der Waals surface area (Å²) in [6.45, 7) is -0.0579. The molecule has 466 valence electrons. The molecule has 16 aromatic rings. The summed E-state index contributed by atoms with van der Waals surface area (Å²) in [5.74, 6) is 0. The molecule has 20 rings (SSSR count). The maximum Gasteiger partial charge on any atom is 0.252 e. The van der Waals surface area contributed by atoms with Gasteiger partial charge in [0.2, 0.25) is 0 Å². The molecular weight excluding hydrogens is 1210 g/mol. The van der Waals surface area contributed by atoms with Crippen molar-refractivity contribution in [2.24, 2.45) is 0 Å². The molecule has 16 aromatic carbocycles. The molecule has 0 bridgehead atoms. The van der Waals surface area contributed by atoms with Gasteiger partial charge in [0.15, 0.2) is 0 Å². The van der Waals surface area contributed by atoms with Crippen LogP contribution in [-0.4, -0.2) is 13.4 Å². The smallest absolute Gasteiger partial charge is 0.252 e. The van der Waals surface area contributed by atoms with E-state index in [9.17, 15) is 0 Å². The lowest BCUT2D eigenvalue weighted by Gasteiger charge is -2.44. The second-order valence-corrected chi connectivity index (χ2v) is 26.3. The Morgan fingerprint density at radius 2 is 0.590 bits per heavy atom. The van der Waals surface area contributed by atoms with Crippen LogP contribution in [0.2, 0.25) is 0 Å². The van der Waals surface area contributed by atoms with Crippen molar-refractivity contribution < 1.29 is 0 Å². The number of para-hydroxylation sites is 7. The Hall–Kier alpha value is -13.0. The highest BCUT2D eigenvalue weighted by atomic mass is 15.2. The van der Waals surface area contributed by atoms with E-state index >= 15 is 0 Å². The van der Waals surface area contributed by atoms with Crippen molar-refractivity contribution >= 4 is 170 Å². The molecule has 0 aliphatic carbocycles. The molecular formula is C92H62B2N6. The predicted octanol–water partition coefficient (Wildman–Crippen LogP) is 20.8. The molecule has 8 heteroatoms. The molecule has 4 heterocycles. The Balaban J connectivity index is 0.753. The summed E-state index contributed by atoms with van der Waals surface area (Å²) in [5.41, 5.74) is 30.2. The molecule has 0 N–H and O–H groups in total. The molecule has 0 saturated carbocycles. The van der Waals surface area contributed by atoms with Crippen LogP contribution in [0.25, 0.3) is 32.7 Å². The number of hydrogen-bond donors (Lipinski definition) is 0. The SMILES string of the molecule is c1ccc(N(c2ccc3c(c2)N(c2cccc(-c4ccc(N(c5ccccc5)c5ccc6c(c5)N(c5ccccc5)c5cccc7c5B6c5ccccc5N7c5ccccc5)c5ccccc45)c2)c2cccc4c2B3c2ccccc2N4c2ccccc2)c2ccc3ccccc3c2)cc1. The topological polar surface area (TPSA) is 19.4 Å². The maximum atomic E-state index is 2.55. The van der Waals surface area contributed by atoms with Crippen LogP contribution in [0.5, 0.6) is 0 Å². The fourth-order valence-electron chi connectivity index (χ4n) is 16.7. The summed E-state index contributed by atoms with van der Waals surface area (Å²) < 4.78 is 0. The zero-order valence-electron chi connectivity index (χ0n) is 54.6. The van der Waals surface area contributed by atoms with E-state index in [1.807, 2.05) is 0 Å². The Kier molecular flexibility index (Phi) is 13.4. The summed E-state index contributed by atoms with van der Waals surface area (Å²) in [6, 6.07) is 139. The van der Waals surface area contributed by atoms with Crippen molar-refractivity contribution in [3.05, 3.63) is 376 Å². The first-order valence-corrected chi connectivity index (χ1v) is 34.6. The van der Waals surface area contributed by atoms with E-state index in [1.54, 1.807) is 0 Å².